The van der Waals surface area contributed by atoms with Crippen LogP contribution in [0, 0.1) is 0 Å². The van der Waals surface area contributed by atoms with Crippen molar-refractivity contribution in [3.05, 3.63) is 83.6 Å². The van der Waals surface area contributed by atoms with Gasteiger partial charge in [-0.3, -0.25) is 4.79 Å². The van der Waals surface area contributed by atoms with E-state index >= 15 is 0 Å². The van der Waals surface area contributed by atoms with Crippen LogP contribution < -0.4 is 15.4 Å². The molecule has 150 valence electrons. The predicted octanol–water partition coefficient (Wildman–Crippen LogP) is 5.12. The van der Waals surface area contributed by atoms with Crippen LogP contribution in [0.4, 0.5) is 11.5 Å². The Balaban J connectivity index is 1.62. The van der Waals surface area contributed by atoms with Gasteiger partial charge in [0.2, 0.25) is 0 Å². The maximum atomic E-state index is 12.7. The number of pyridine rings is 1. The van der Waals surface area contributed by atoms with Gasteiger partial charge in [0, 0.05) is 24.0 Å². The van der Waals surface area contributed by atoms with Gasteiger partial charge in [-0.2, -0.15) is 0 Å². The molecule has 0 spiro atoms. The van der Waals surface area contributed by atoms with Crippen molar-refractivity contribution in [3.8, 4) is 5.75 Å². The van der Waals surface area contributed by atoms with E-state index < -0.39 is 0 Å². The number of amides is 1. The monoisotopic (exact) mass is 389 g/mol. The molecule has 0 saturated heterocycles. The minimum Gasteiger partial charge on any atom is -0.497 e. The summed E-state index contributed by atoms with van der Waals surface area (Å²) in [6.45, 7) is 4.94. The fourth-order valence-corrected chi connectivity index (χ4v) is 3.14. The normalized spacial score (nSPS) is 10.6. The zero-order valence-electron chi connectivity index (χ0n) is 17.1. The van der Waals surface area contributed by atoms with Crippen LogP contribution in [-0.2, 0) is 6.42 Å². The van der Waals surface area contributed by atoms with Gasteiger partial charge in [0.15, 0.2) is 0 Å². The minimum atomic E-state index is -0.142. The Morgan fingerprint density at radius 2 is 1.90 bits per heavy atom. The van der Waals surface area contributed by atoms with Crippen LogP contribution in [0.1, 0.15) is 41.3 Å². The summed E-state index contributed by atoms with van der Waals surface area (Å²) in [6, 6.07) is 19.4. The highest BCUT2D eigenvalue weighted by molar-refractivity contribution is 6.05. The van der Waals surface area contributed by atoms with Crippen molar-refractivity contribution in [1.29, 1.82) is 0 Å². The fraction of sp³-hybridized carbons (Fsp3) is 0.250. The Morgan fingerprint density at radius 1 is 1.07 bits per heavy atom. The van der Waals surface area contributed by atoms with E-state index in [1.165, 1.54) is 5.56 Å². The first kappa shape index (κ1) is 20.4. The number of aromatic nitrogens is 1. The molecular formula is C24H27N3O2. The van der Waals surface area contributed by atoms with Gasteiger partial charge in [0.05, 0.1) is 7.11 Å². The average molecular weight is 389 g/mol. The van der Waals surface area contributed by atoms with Crippen LogP contribution in [0.2, 0.25) is 0 Å². The first-order valence-electron chi connectivity index (χ1n) is 9.80. The van der Waals surface area contributed by atoms with E-state index in [2.05, 4.69) is 35.5 Å². The predicted molar refractivity (Wildman–Crippen MR) is 118 cm³/mol. The number of ether oxygens (including phenoxy) is 1. The van der Waals surface area contributed by atoms with Gasteiger partial charge in [0.1, 0.15) is 11.6 Å². The second kappa shape index (κ2) is 9.73. The lowest BCUT2D eigenvalue weighted by molar-refractivity contribution is 0.102. The van der Waals surface area contributed by atoms with Crippen LogP contribution in [-0.4, -0.2) is 24.5 Å². The molecule has 0 atom stereocenters. The van der Waals surface area contributed by atoms with Gasteiger partial charge in [-0.05, 0) is 53.8 Å². The van der Waals surface area contributed by atoms with E-state index in [1.807, 2.05) is 42.5 Å². The molecule has 3 rings (SSSR count). The van der Waals surface area contributed by atoms with E-state index in [0.29, 0.717) is 23.8 Å². The highest BCUT2D eigenvalue weighted by Crippen LogP contribution is 2.24. The summed E-state index contributed by atoms with van der Waals surface area (Å²) in [5, 5.41) is 6.31. The second-order valence-electron chi connectivity index (χ2n) is 7.15. The largest absolute Gasteiger partial charge is 0.497 e. The lowest BCUT2D eigenvalue weighted by atomic mass is 10.0. The quantitative estimate of drug-likeness (QED) is 0.561. The Bertz CT molecular complexity index is 970. The number of carbonyl (C=O) groups excluding carboxylic acids is 1. The highest BCUT2D eigenvalue weighted by atomic mass is 16.5. The number of benzene rings is 2. The molecule has 0 saturated carbocycles. The van der Waals surface area contributed by atoms with Gasteiger partial charge in [0.25, 0.3) is 5.91 Å². The number of carbonyl (C=O) groups is 1. The van der Waals surface area contributed by atoms with Gasteiger partial charge in [-0.1, -0.05) is 44.2 Å². The Kier molecular flexibility index (Phi) is 6.85. The summed E-state index contributed by atoms with van der Waals surface area (Å²) in [5.74, 6) is 1.72. The number of methoxy groups -OCH3 is 1. The Hall–Kier alpha value is -3.34. The molecule has 0 bridgehead atoms. The van der Waals surface area contributed by atoms with Crippen molar-refractivity contribution in [3.63, 3.8) is 0 Å². The van der Waals surface area contributed by atoms with Crippen LogP contribution >= 0.6 is 0 Å². The number of hydrogen-bond donors (Lipinski definition) is 2. The lowest BCUT2D eigenvalue weighted by Gasteiger charge is -2.14. The molecule has 0 aliphatic carbocycles. The molecular weight excluding hydrogens is 362 g/mol. The molecule has 1 heterocycles. The van der Waals surface area contributed by atoms with E-state index in [-0.39, 0.29) is 5.91 Å². The van der Waals surface area contributed by atoms with E-state index in [9.17, 15) is 4.79 Å². The van der Waals surface area contributed by atoms with Crippen molar-refractivity contribution in [2.24, 2.45) is 0 Å². The number of rotatable bonds is 8. The summed E-state index contributed by atoms with van der Waals surface area (Å²) in [4.78, 5) is 17.1. The van der Waals surface area contributed by atoms with Crippen LogP contribution in [0.25, 0.3) is 0 Å². The lowest BCUT2D eigenvalue weighted by Crippen LogP contribution is -2.14. The van der Waals surface area contributed by atoms with Crippen molar-refractivity contribution in [2.45, 2.75) is 26.2 Å². The molecule has 0 aliphatic heterocycles. The van der Waals surface area contributed by atoms with Gasteiger partial charge in [-0.25, -0.2) is 4.98 Å². The molecule has 29 heavy (non-hydrogen) atoms. The van der Waals surface area contributed by atoms with Crippen molar-refractivity contribution >= 4 is 17.4 Å². The average Bonchev–Trinajstić information content (AvgIpc) is 2.74. The van der Waals surface area contributed by atoms with Gasteiger partial charge in [-0.15, -0.1) is 0 Å². The van der Waals surface area contributed by atoms with Crippen LogP contribution in [0.15, 0.2) is 66.9 Å². The molecule has 0 radical (unpaired) electrons. The molecule has 2 aromatic carbocycles. The zero-order valence-corrected chi connectivity index (χ0v) is 17.1. The molecule has 0 aliphatic rings. The summed E-state index contributed by atoms with van der Waals surface area (Å²) < 4.78 is 5.26. The third-order valence-electron chi connectivity index (χ3n) is 4.71. The molecule has 0 unspecified atom stereocenters. The van der Waals surface area contributed by atoms with Crippen LogP contribution in [0.3, 0.4) is 0 Å². The summed E-state index contributed by atoms with van der Waals surface area (Å²) in [5.41, 5.74) is 3.71. The molecule has 1 amide bonds. The van der Waals surface area contributed by atoms with Crippen molar-refractivity contribution in [2.75, 3.05) is 24.3 Å². The number of anilines is 2. The Labute approximate surface area is 172 Å². The number of nitrogens with one attached hydrogen (secondary N) is 2. The number of hydrogen-bond acceptors (Lipinski definition) is 4. The van der Waals surface area contributed by atoms with E-state index in [0.717, 1.165) is 23.4 Å². The molecule has 3 aromatic rings. The number of nitrogens with zero attached hydrogens (tertiary/aromatic N) is 1. The first-order valence-corrected chi connectivity index (χ1v) is 9.80. The third-order valence-corrected chi connectivity index (χ3v) is 4.71. The summed E-state index contributed by atoms with van der Waals surface area (Å²) in [6.07, 6.45) is 2.48. The molecule has 0 fully saturated rings. The van der Waals surface area contributed by atoms with Crippen LogP contribution in [0.5, 0.6) is 5.75 Å². The molecule has 1 aromatic heterocycles. The molecule has 2 N–H and O–H groups in total. The van der Waals surface area contributed by atoms with Gasteiger partial charge >= 0.3 is 0 Å². The first-order chi connectivity index (χ1) is 14.1. The van der Waals surface area contributed by atoms with E-state index in [4.69, 9.17) is 4.74 Å². The molecule has 5 heteroatoms. The molecule has 5 nitrogen and oxygen atoms in total. The smallest absolute Gasteiger partial charge is 0.255 e. The SMILES string of the molecule is COc1cccc(CCNc2cc(C(=O)Nc3ccccc3C(C)C)ccn2)c1. The standard InChI is InChI=1S/C24H27N3O2/c1-17(2)21-9-4-5-10-22(21)27-24(28)19-12-14-26-23(16-19)25-13-11-18-7-6-8-20(15-18)29-3/h4-10,12,14-17H,11,13H2,1-3H3,(H,25,26)(H,27,28). The maximum Gasteiger partial charge on any atom is 0.255 e. The second-order valence-corrected chi connectivity index (χ2v) is 7.15. The Morgan fingerprint density at radius 3 is 2.69 bits per heavy atom. The maximum absolute atomic E-state index is 12.7. The highest BCUT2D eigenvalue weighted by Gasteiger charge is 2.11. The zero-order chi connectivity index (χ0) is 20.6. The fourth-order valence-electron chi connectivity index (χ4n) is 3.14. The van der Waals surface area contributed by atoms with Gasteiger partial charge < -0.3 is 15.4 Å². The third kappa shape index (κ3) is 5.57. The minimum absolute atomic E-state index is 0.142. The van der Waals surface area contributed by atoms with Crippen molar-refractivity contribution < 1.29 is 9.53 Å². The van der Waals surface area contributed by atoms with Crippen molar-refractivity contribution in [1.82, 2.24) is 4.98 Å². The number of para-hydroxylation sites is 1. The topological polar surface area (TPSA) is 63.2 Å². The summed E-state index contributed by atoms with van der Waals surface area (Å²) >= 11 is 0. The summed E-state index contributed by atoms with van der Waals surface area (Å²) in [7, 11) is 1.66. The van der Waals surface area contributed by atoms with E-state index in [1.54, 1.807) is 25.4 Å².